The number of esters is 1. The molecule has 0 amide bonds. The molecule has 1 unspecified atom stereocenters. The molecule has 1 aromatic heterocycles. The van der Waals surface area contributed by atoms with Crippen molar-refractivity contribution in [2.45, 2.75) is 26.3 Å². The number of fused-ring (bicyclic) bond motifs is 1. The van der Waals surface area contributed by atoms with Gasteiger partial charge in [-0.2, -0.15) is 0 Å². The number of rotatable bonds is 7. The van der Waals surface area contributed by atoms with Crippen LogP contribution >= 0.6 is 7.60 Å². The minimum absolute atomic E-state index is 0.0697. The van der Waals surface area contributed by atoms with Crippen molar-refractivity contribution in [3.8, 4) is 0 Å². The monoisotopic (exact) mass is 340 g/mol. The Morgan fingerprint density at radius 1 is 1.35 bits per heavy atom. The van der Waals surface area contributed by atoms with Crippen molar-refractivity contribution in [1.82, 2.24) is 4.98 Å². The molecule has 2 rings (SSSR count). The smallest absolute Gasteiger partial charge is 0.375 e. The second kappa shape index (κ2) is 7.27. The highest BCUT2D eigenvalue weighted by molar-refractivity contribution is 7.61. The van der Waals surface area contributed by atoms with Crippen LogP contribution in [-0.4, -0.2) is 35.1 Å². The number of nitrogens with two attached hydrogens (primary N) is 1. The van der Waals surface area contributed by atoms with E-state index in [1.807, 2.05) is 6.07 Å². The van der Waals surface area contributed by atoms with Gasteiger partial charge in [-0.25, -0.2) is 0 Å². The molecule has 0 fully saturated rings. The fraction of sp³-hybridized carbons (Fsp3) is 0.400. The van der Waals surface area contributed by atoms with E-state index >= 15 is 0 Å². The number of aromatic amines is 1. The lowest BCUT2D eigenvalue weighted by Crippen LogP contribution is -2.35. The van der Waals surface area contributed by atoms with Gasteiger partial charge in [-0.3, -0.25) is 9.36 Å². The predicted molar refractivity (Wildman–Crippen MR) is 87.7 cm³/mol. The highest BCUT2D eigenvalue weighted by atomic mass is 31.2. The molecule has 0 saturated heterocycles. The first-order chi connectivity index (χ1) is 10.9. The van der Waals surface area contributed by atoms with Crippen LogP contribution < -0.4 is 11.2 Å². The Kier molecular flexibility index (Phi) is 5.59. The summed E-state index contributed by atoms with van der Waals surface area (Å²) in [5.74, 6) is -0.548. The second-order valence-electron chi connectivity index (χ2n) is 5.00. The SMILES string of the molecule is CCOC(=O)[C@@H](N)Cc1c(P(=O)(O)OCC)[nH]c2ccccc12. The first kappa shape index (κ1) is 17.7. The van der Waals surface area contributed by atoms with Crippen LogP contribution in [0.25, 0.3) is 10.9 Å². The third-order valence-electron chi connectivity index (χ3n) is 3.39. The molecule has 0 spiro atoms. The molecule has 0 bridgehead atoms. The van der Waals surface area contributed by atoms with Gasteiger partial charge in [0, 0.05) is 17.3 Å². The van der Waals surface area contributed by atoms with E-state index in [9.17, 15) is 14.3 Å². The van der Waals surface area contributed by atoms with Crippen LogP contribution in [0, 0.1) is 0 Å². The number of benzene rings is 1. The van der Waals surface area contributed by atoms with Crippen molar-refractivity contribution >= 4 is 29.9 Å². The zero-order valence-electron chi connectivity index (χ0n) is 13.1. The van der Waals surface area contributed by atoms with Crippen molar-refractivity contribution in [1.29, 1.82) is 0 Å². The molecule has 4 N–H and O–H groups in total. The van der Waals surface area contributed by atoms with E-state index in [4.69, 9.17) is 15.0 Å². The van der Waals surface area contributed by atoms with Gasteiger partial charge in [-0.15, -0.1) is 0 Å². The summed E-state index contributed by atoms with van der Waals surface area (Å²) in [6.07, 6.45) is 0.0792. The Morgan fingerprint density at radius 3 is 2.70 bits per heavy atom. The Labute approximate surface area is 134 Å². The number of H-pyrrole nitrogens is 1. The van der Waals surface area contributed by atoms with Gasteiger partial charge >= 0.3 is 13.6 Å². The van der Waals surface area contributed by atoms with Crippen LogP contribution in [0.1, 0.15) is 19.4 Å². The minimum Gasteiger partial charge on any atom is -0.465 e. The average Bonchev–Trinajstić information content (AvgIpc) is 2.87. The topological polar surface area (TPSA) is 115 Å². The maximum absolute atomic E-state index is 12.4. The van der Waals surface area contributed by atoms with Crippen LogP contribution in [0.4, 0.5) is 0 Å². The van der Waals surface area contributed by atoms with Gasteiger partial charge in [0.2, 0.25) is 0 Å². The number of nitrogens with one attached hydrogen (secondary N) is 1. The fourth-order valence-electron chi connectivity index (χ4n) is 2.43. The third kappa shape index (κ3) is 3.82. The van der Waals surface area contributed by atoms with Gasteiger partial charge in [0.05, 0.1) is 13.2 Å². The van der Waals surface area contributed by atoms with Crippen molar-refractivity contribution in [3.05, 3.63) is 29.8 Å². The first-order valence-corrected chi connectivity index (χ1v) is 8.98. The largest absolute Gasteiger partial charge is 0.465 e. The predicted octanol–water partition coefficient (Wildman–Crippen LogP) is 1.45. The Balaban J connectivity index is 2.47. The molecule has 0 saturated carbocycles. The quantitative estimate of drug-likeness (QED) is 0.519. The average molecular weight is 340 g/mol. The summed E-state index contributed by atoms with van der Waals surface area (Å²) in [7, 11) is -4.02. The highest BCUT2D eigenvalue weighted by Gasteiger charge is 2.31. The molecule has 0 aliphatic carbocycles. The maximum Gasteiger partial charge on any atom is 0.375 e. The van der Waals surface area contributed by atoms with Crippen LogP contribution in [0.5, 0.6) is 0 Å². The van der Waals surface area contributed by atoms with Crippen molar-refractivity contribution in [3.63, 3.8) is 0 Å². The number of carbonyl (C=O) groups is 1. The molecule has 0 radical (unpaired) electrons. The Bertz CT molecular complexity index is 743. The summed E-state index contributed by atoms with van der Waals surface area (Å²) in [6.45, 7) is 3.64. The minimum atomic E-state index is -4.02. The molecule has 0 aliphatic rings. The summed E-state index contributed by atoms with van der Waals surface area (Å²) in [4.78, 5) is 24.9. The molecule has 1 aromatic carbocycles. The van der Waals surface area contributed by atoms with Crippen LogP contribution in [0.2, 0.25) is 0 Å². The highest BCUT2D eigenvalue weighted by Crippen LogP contribution is 2.42. The van der Waals surface area contributed by atoms with Gasteiger partial charge in [0.1, 0.15) is 11.5 Å². The lowest BCUT2D eigenvalue weighted by molar-refractivity contribution is -0.144. The van der Waals surface area contributed by atoms with Crippen molar-refractivity contribution < 1.29 is 23.5 Å². The lowest BCUT2D eigenvalue weighted by atomic mass is 10.1. The summed E-state index contributed by atoms with van der Waals surface area (Å²) < 4.78 is 22.3. The summed E-state index contributed by atoms with van der Waals surface area (Å²) in [5, 5.41) is 0.733. The number of ether oxygens (including phenoxy) is 1. The lowest BCUT2D eigenvalue weighted by Gasteiger charge is -2.14. The summed E-state index contributed by atoms with van der Waals surface area (Å²) in [6, 6.07) is 6.27. The number of hydrogen-bond acceptors (Lipinski definition) is 5. The number of hydrogen-bond donors (Lipinski definition) is 3. The van der Waals surface area contributed by atoms with E-state index in [0.29, 0.717) is 11.1 Å². The van der Waals surface area contributed by atoms with Gasteiger partial charge in [0.25, 0.3) is 0 Å². The Hall–Kier alpha value is -1.66. The maximum atomic E-state index is 12.4. The van der Waals surface area contributed by atoms with E-state index in [-0.39, 0.29) is 25.1 Å². The van der Waals surface area contributed by atoms with Crippen LogP contribution in [-0.2, 0) is 25.0 Å². The Morgan fingerprint density at radius 2 is 2.04 bits per heavy atom. The zero-order chi connectivity index (χ0) is 17.0. The standard InChI is InChI=1S/C15H21N2O5P/c1-3-21-15(18)12(16)9-11-10-7-5-6-8-13(10)17-14(11)23(19,20)22-4-2/h5-8,12,17H,3-4,9,16H2,1-2H3,(H,19,20)/t12-/m0/s1. The zero-order valence-corrected chi connectivity index (χ0v) is 14.0. The van der Waals surface area contributed by atoms with Gasteiger partial charge < -0.3 is 24.9 Å². The van der Waals surface area contributed by atoms with Crippen LogP contribution in [0.3, 0.4) is 0 Å². The second-order valence-corrected chi connectivity index (χ2v) is 6.74. The molecular weight excluding hydrogens is 319 g/mol. The van der Waals surface area contributed by atoms with Gasteiger partial charge in [-0.05, 0) is 25.5 Å². The van der Waals surface area contributed by atoms with E-state index < -0.39 is 19.6 Å². The normalized spacial score (nSPS) is 15.3. The molecule has 126 valence electrons. The summed E-state index contributed by atoms with van der Waals surface area (Å²) in [5.41, 5.74) is 7.12. The van der Waals surface area contributed by atoms with Gasteiger partial charge in [0.15, 0.2) is 0 Å². The summed E-state index contributed by atoms with van der Waals surface area (Å²) >= 11 is 0. The molecule has 2 atom stereocenters. The molecule has 23 heavy (non-hydrogen) atoms. The molecular formula is C15H21N2O5P. The number of aromatic nitrogens is 1. The van der Waals surface area contributed by atoms with Crippen molar-refractivity contribution in [2.24, 2.45) is 5.73 Å². The van der Waals surface area contributed by atoms with E-state index in [1.165, 1.54) is 0 Å². The molecule has 2 aromatic rings. The van der Waals surface area contributed by atoms with Crippen molar-refractivity contribution in [2.75, 3.05) is 13.2 Å². The van der Waals surface area contributed by atoms with Gasteiger partial charge in [-0.1, -0.05) is 18.2 Å². The van der Waals surface area contributed by atoms with E-state index in [2.05, 4.69) is 4.98 Å². The van der Waals surface area contributed by atoms with E-state index in [1.54, 1.807) is 32.0 Å². The third-order valence-corrected chi connectivity index (χ3v) is 4.95. The fourth-order valence-corrected chi connectivity index (χ4v) is 3.72. The first-order valence-electron chi connectivity index (χ1n) is 7.40. The molecule has 0 aliphatic heterocycles. The van der Waals surface area contributed by atoms with Crippen LogP contribution in [0.15, 0.2) is 24.3 Å². The molecule has 7 nitrogen and oxygen atoms in total. The molecule has 8 heteroatoms. The van der Waals surface area contributed by atoms with E-state index in [0.717, 1.165) is 5.39 Å². The molecule has 1 heterocycles. The number of para-hydroxylation sites is 1. The number of carbonyl (C=O) groups excluding carboxylic acids is 1.